The van der Waals surface area contributed by atoms with E-state index in [-0.39, 0.29) is 20.3 Å². The molecule has 0 N–H and O–H groups in total. The van der Waals surface area contributed by atoms with Crippen LogP contribution in [0.4, 0.5) is 0 Å². The van der Waals surface area contributed by atoms with Gasteiger partial charge in [-0.2, -0.15) is 0 Å². The van der Waals surface area contributed by atoms with Gasteiger partial charge in [0.2, 0.25) is 0 Å². The summed E-state index contributed by atoms with van der Waals surface area (Å²) in [6.07, 6.45) is 3.08. The fourth-order valence-corrected chi connectivity index (χ4v) is 6.35. The average Bonchev–Trinajstić information content (AvgIpc) is 3.25. The fourth-order valence-electron chi connectivity index (χ4n) is 3.77. The Bertz CT molecular complexity index is 1420. The Labute approximate surface area is 217 Å². The van der Waals surface area contributed by atoms with Crippen LogP contribution < -0.4 is 9.47 Å². The van der Waals surface area contributed by atoms with Crippen LogP contribution in [0.2, 0.25) is 0 Å². The molecule has 0 saturated heterocycles. The molecule has 0 amide bonds. The van der Waals surface area contributed by atoms with Gasteiger partial charge in [-0.05, 0) is 20.8 Å². The normalized spacial score (nSPS) is 11.6. The number of carbonyl (C=O) groups is 2. The van der Waals surface area contributed by atoms with Crippen LogP contribution in [0.5, 0.6) is 11.5 Å². The molecular formula is C30H28O5Se. The van der Waals surface area contributed by atoms with Crippen LogP contribution in [0.3, 0.4) is 0 Å². The Morgan fingerprint density at radius 2 is 1.47 bits per heavy atom. The van der Waals surface area contributed by atoms with Crippen molar-refractivity contribution in [1.29, 1.82) is 0 Å². The van der Waals surface area contributed by atoms with E-state index in [1.54, 1.807) is 32.4 Å². The molecule has 36 heavy (non-hydrogen) atoms. The molecule has 0 unspecified atom stereocenters. The number of ether oxygens (including phenoxy) is 3. The van der Waals surface area contributed by atoms with Crippen LogP contribution in [-0.2, 0) is 9.53 Å². The third-order valence-corrected chi connectivity index (χ3v) is 7.99. The summed E-state index contributed by atoms with van der Waals surface area (Å²) >= 11 is -0.0560. The van der Waals surface area contributed by atoms with Gasteiger partial charge in [-0.15, -0.1) is 0 Å². The van der Waals surface area contributed by atoms with E-state index in [4.69, 9.17) is 14.2 Å². The number of benzene rings is 3. The van der Waals surface area contributed by atoms with Crippen molar-refractivity contribution in [2.24, 2.45) is 0 Å². The first-order valence-electron chi connectivity index (χ1n) is 11.5. The molecule has 1 heterocycles. The summed E-state index contributed by atoms with van der Waals surface area (Å²) in [7, 11) is 3.28. The Balaban J connectivity index is 1.69. The molecule has 1 aromatic heterocycles. The van der Waals surface area contributed by atoms with Crippen LogP contribution in [0.25, 0.3) is 25.7 Å². The van der Waals surface area contributed by atoms with E-state index in [0.717, 1.165) is 42.3 Å². The minimum absolute atomic E-state index is 0.0331. The molecule has 6 heteroatoms. The van der Waals surface area contributed by atoms with E-state index in [9.17, 15) is 9.59 Å². The molecule has 0 bridgehead atoms. The Morgan fingerprint density at radius 3 is 2.08 bits per heavy atom. The number of fused-ring (bicyclic) bond motifs is 1. The fraction of sp³-hybridized carbons (Fsp3) is 0.200. The maximum atomic E-state index is 13.8. The predicted molar refractivity (Wildman–Crippen MR) is 144 cm³/mol. The van der Waals surface area contributed by atoms with Crippen molar-refractivity contribution in [3.05, 3.63) is 89.5 Å². The van der Waals surface area contributed by atoms with Crippen molar-refractivity contribution < 1.29 is 23.8 Å². The van der Waals surface area contributed by atoms with Crippen molar-refractivity contribution in [2.45, 2.75) is 26.4 Å². The van der Waals surface area contributed by atoms with Gasteiger partial charge in [-0.25, -0.2) is 0 Å². The van der Waals surface area contributed by atoms with E-state index < -0.39 is 11.6 Å². The zero-order valence-electron chi connectivity index (χ0n) is 21.0. The number of ketones is 1. The second-order valence-electron chi connectivity index (χ2n) is 9.21. The molecule has 5 nitrogen and oxygen atoms in total. The van der Waals surface area contributed by atoms with Crippen molar-refractivity contribution >= 4 is 42.0 Å². The summed E-state index contributed by atoms with van der Waals surface area (Å²) in [6.45, 7) is 5.48. The SMILES string of the molecule is COc1ccc(-c2[se]c3cc(OC)ccc3c2C(=O)c2ccc(/C=C/C(=O)OC(C)(C)C)cc2)cc1. The zero-order chi connectivity index (χ0) is 25.9. The van der Waals surface area contributed by atoms with E-state index in [1.807, 2.05) is 75.4 Å². The van der Waals surface area contributed by atoms with Crippen molar-refractivity contribution in [3.63, 3.8) is 0 Å². The minimum atomic E-state index is -0.546. The van der Waals surface area contributed by atoms with E-state index >= 15 is 0 Å². The Kier molecular flexibility index (Phi) is 7.48. The molecule has 4 aromatic rings. The standard InChI is InChI=1S/C30H28O5Se/c1-30(2,3)35-26(31)17-8-19-6-9-20(10-7-19)28(32)27-24-16-15-23(34-5)18-25(24)36-29(27)21-11-13-22(33-4)14-12-21/h6-18H,1-5H3/b17-8+. The molecule has 0 spiro atoms. The van der Waals surface area contributed by atoms with Crippen molar-refractivity contribution in [3.8, 4) is 21.5 Å². The molecule has 0 aliphatic heterocycles. The molecule has 0 saturated carbocycles. The third-order valence-electron chi connectivity index (χ3n) is 5.47. The second-order valence-corrected chi connectivity index (χ2v) is 11.4. The Hall–Kier alpha value is -3.60. The number of hydrogen-bond acceptors (Lipinski definition) is 5. The summed E-state index contributed by atoms with van der Waals surface area (Å²) in [5.74, 6) is 1.11. The number of methoxy groups -OCH3 is 2. The van der Waals surface area contributed by atoms with Gasteiger partial charge >= 0.3 is 197 Å². The molecule has 0 fully saturated rings. The first kappa shape index (κ1) is 25.5. The van der Waals surface area contributed by atoms with Crippen molar-refractivity contribution in [1.82, 2.24) is 0 Å². The van der Waals surface area contributed by atoms with E-state index in [1.165, 1.54) is 6.08 Å². The van der Waals surface area contributed by atoms with Crippen molar-refractivity contribution in [2.75, 3.05) is 14.2 Å². The number of esters is 1. The van der Waals surface area contributed by atoms with Gasteiger partial charge in [0, 0.05) is 0 Å². The van der Waals surface area contributed by atoms with Crippen LogP contribution in [0.15, 0.2) is 72.8 Å². The molecule has 184 valence electrons. The van der Waals surface area contributed by atoms with Gasteiger partial charge in [0.05, 0.1) is 0 Å². The summed E-state index contributed by atoms with van der Waals surface area (Å²) in [4.78, 5) is 25.8. The maximum absolute atomic E-state index is 13.8. The number of hydrogen-bond donors (Lipinski definition) is 0. The van der Waals surface area contributed by atoms with Crippen LogP contribution in [-0.4, -0.2) is 46.1 Å². The predicted octanol–water partition coefficient (Wildman–Crippen LogP) is 6.17. The first-order valence-corrected chi connectivity index (χ1v) is 13.2. The first-order chi connectivity index (χ1) is 17.2. The van der Waals surface area contributed by atoms with Gasteiger partial charge in [0.15, 0.2) is 0 Å². The molecule has 4 rings (SSSR count). The molecule has 0 radical (unpaired) electrons. The van der Waals surface area contributed by atoms with Gasteiger partial charge < -0.3 is 0 Å². The number of carbonyl (C=O) groups excluding carboxylic acids is 2. The summed E-state index contributed by atoms with van der Waals surface area (Å²) in [6, 6.07) is 21.0. The monoisotopic (exact) mass is 548 g/mol. The van der Waals surface area contributed by atoms with Gasteiger partial charge in [0.25, 0.3) is 0 Å². The van der Waals surface area contributed by atoms with E-state index in [2.05, 4.69) is 0 Å². The quantitative estimate of drug-likeness (QED) is 0.120. The molecule has 0 atom stereocenters. The van der Waals surface area contributed by atoms with Crippen LogP contribution >= 0.6 is 0 Å². The molecule has 0 aliphatic rings. The zero-order valence-corrected chi connectivity index (χ0v) is 22.7. The van der Waals surface area contributed by atoms with E-state index in [0.29, 0.717) is 5.56 Å². The Morgan fingerprint density at radius 1 is 0.833 bits per heavy atom. The summed E-state index contributed by atoms with van der Waals surface area (Å²) in [5.41, 5.74) is 2.57. The molecule has 3 aromatic carbocycles. The van der Waals surface area contributed by atoms with Crippen LogP contribution in [0.1, 0.15) is 42.3 Å². The number of rotatable bonds is 7. The molecular weight excluding hydrogens is 519 g/mol. The van der Waals surface area contributed by atoms with Gasteiger partial charge in [-0.1, -0.05) is 0 Å². The topological polar surface area (TPSA) is 61.8 Å². The molecule has 0 aliphatic carbocycles. The van der Waals surface area contributed by atoms with Gasteiger partial charge in [0.1, 0.15) is 0 Å². The van der Waals surface area contributed by atoms with Gasteiger partial charge in [-0.3, -0.25) is 0 Å². The third kappa shape index (κ3) is 5.78. The summed E-state index contributed by atoms with van der Waals surface area (Å²) in [5, 5.41) is 0.945. The second kappa shape index (κ2) is 10.6. The average molecular weight is 548 g/mol. The van der Waals surface area contributed by atoms with Crippen LogP contribution in [0, 0.1) is 0 Å². The summed E-state index contributed by atoms with van der Waals surface area (Å²) < 4.78 is 18.2.